The number of amides is 1. The summed E-state index contributed by atoms with van der Waals surface area (Å²) in [6.45, 7) is 3.67. The molecule has 1 fully saturated rings. The predicted octanol–water partition coefficient (Wildman–Crippen LogP) is 2.18. The lowest BCUT2D eigenvalue weighted by atomic mass is 9.84. The van der Waals surface area contributed by atoms with Gasteiger partial charge >= 0.3 is 6.18 Å². The third kappa shape index (κ3) is 2.63. The number of carbonyl (C=O) groups excluding carboxylic acids is 1. The van der Waals surface area contributed by atoms with E-state index in [4.69, 9.17) is 0 Å². The van der Waals surface area contributed by atoms with Crippen LogP contribution in [-0.2, 0) is 4.79 Å². The topological polar surface area (TPSA) is 32.3 Å². The summed E-state index contributed by atoms with van der Waals surface area (Å²) >= 11 is 0. The zero-order valence-electron chi connectivity index (χ0n) is 11.1. The van der Waals surface area contributed by atoms with E-state index in [1.165, 1.54) is 11.9 Å². The first-order valence-electron chi connectivity index (χ1n) is 6.31. The normalized spacial score (nSPS) is 26.1. The summed E-state index contributed by atoms with van der Waals surface area (Å²) in [4.78, 5) is 13.5. The van der Waals surface area contributed by atoms with Crippen LogP contribution < -0.4 is 5.32 Å². The van der Waals surface area contributed by atoms with Gasteiger partial charge in [0.05, 0.1) is 0 Å². The van der Waals surface area contributed by atoms with Crippen LogP contribution in [0.25, 0.3) is 0 Å². The van der Waals surface area contributed by atoms with Crippen molar-refractivity contribution in [2.75, 3.05) is 20.1 Å². The van der Waals surface area contributed by atoms with Gasteiger partial charge in [-0.05, 0) is 26.3 Å². The fraction of sp³-hybridized carbons (Fsp3) is 0.917. The fourth-order valence-corrected chi connectivity index (χ4v) is 2.39. The number of halogens is 3. The van der Waals surface area contributed by atoms with E-state index >= 15 is 0 Å². The number of nitrogens with one attached hydrogen (secondary N) is 1. The van der Waals surface area contributed by atoms with Crippen molar-refractivity contribution in [3.63, 3.8) is 0 Å². The summed E-state index contributed by atoms with van der Waals surface area (Å²) < 4.78 is 39.6. The second-order valence-electron chi connectivity index (χ2n) is 5.06. The Morgan fingerprint density at radius 1 is 1.50 bits per heavy atom. The van der Waals surface area contributed by atoms with Crippen molar-refractivity contribution in [1.29, 1.82) is 0 Å². The highest BCUT2D eigenvalue weighted by Gasteiger charge is 2.62. The molecule has 6 heteroatoms. The SMILES string of the molecule is CCCC(C)N(C)C(=O)C1(C(F)(F)F)CCNC1. The molecule has 2 atom stereocenters. The van der Waals surface area contributed by atoms with Gasteiger partial charge in [-0.3, -0.25) is 4.79 Å². The fourth-order valence-electron chi connectivity index (χ4n) is 2.39. The van der Waals surface area contributed by atoms with Gasteiger partial charge in [0.1, 0.15) is 0 Å². The molecule has 1 rings (SSSR count). The van der Waals surface area contributed by atoms with E-state index in [2.05, 4.69) is 5.32 Å². The second-order valence-corrected chi connectivity index (χ2v) is 5.06. The van der Waals surface area contributed by atoms with E-state index < -0.39 is 17.5 Å². The van der Waals surface area contributed by atoms with Crippen LogP contribution in [0.2, 0.25) is 0 Å². The van der Waals surface area contributed by atoms with Crippen molar-refractivity contribution in [3.8, 4) is 0 Å². The summed E-state index contributed by atoms with van der Waals surface area (Å²) in [5.74, 6) is -0.805. The van der Waals surface area contributed by atoms with Crippen LogP contribution in [0.15, 0.2) is 0 Å². The monoisotopic (exact) mass is 266 g/mol. The summed E-state index contributed by atoms with van der Waals surface area (Å²) in [6.07, 6.45) is -3.11. The van der Waals surface area contributed by atoms with Crippen molar-refractivity contribution in [2.45, 2.75) is 45.3 Å². The van der Waals surface area contributed by atoms with Gasteiger partial charge in [0.25, 0.3) is 0 Å². The van der Waals surface area contributed by atoms with Gasteiger partial charge in [-0.1, -0.05) is 13.3 Å². The minimum absolute atomic E-state index is 0.165. The van der Waals surface area contributed by atoms with Crippen molar-refractivity contribution < 1.29 is 18.0 Å². The summed E-state index contributed by atoms with van der Waals surface area (Å²) in [6, 6.07) is -0.165. The second kappa shape index (κ2) is 5.47. The quantitative estimate of drug-likeness (QED) is 0.846. The molecule has 0 aromatic heterocycles. The summed E-state index contributed by atoms with van der Waals surface area (Å²) in [5, 5.41) is 2.66. The molecule has 18 heavy (non-hydrogen) atoms. The molecule has 2 unspecified atom stereocenters. The Morgan fingerprint density at radius 2 is 2.11 bits per heavy atom. The van der Waals surface area contributed by atoms with Gasteiger partial charge in [0.15, 0.2) is 5.41 Å². The number of carbonyl (C=O) groups is 1. The van der Waals surface area contributed by atoms with Crippen LogP contribution in [-0.4, -0.2) is 43.2 Å². The lowest BCUT2D eigenvalue weighted by Crippen LogP contribution is -2.54. The minimum atomic E-state index is -4.49. The third-order valence-electron chi connectivity index (χ3n) is 3.80. The number of hydrogen-bond acceptors (Lipinski definition) is 2. The van der Waals surface area contributed by atoms with E-state index in [-0.39, 0.29) is 25.6 Å². The van der Waals surface area contributed by atoms with Crippen molar-refractivity contribution >= 4 is 5.91 Å². The molecule has 1 amide bonds. The Bertz CT molecular complexity index is 298. The molecule has 0 saturated carbocycles. The Hall–Kier alpha value is -0.780. The molecule has 0 aliphatic carbocycles. The van der Waals surface area contributed by atoms with E-state index in [1.54, 1.807) is 6.92 Å². The maximum Gasteiger partial charge on any atom is 0.404 e. The zero-order valence-corrected chi connectivity index (χ0v) is 11.1. The van der Waals surface area contributed by atoms with Gasteiger partial charge in [-0.15, -0.1) is 0 Å². The van der Waals surface area contributed by atoms with E-state index in [1.807, 2.05) is 6.92 Å². The molecule has 1 saturated heterocycles. The number of hydrogen-bond donors (Lipinski definition) is 1. The van der Waals surface area contributed by atoms with Gasteiger partial charge in [-0.25, -0.2) is 0 Å². The molecule has 1 N–H and O–H groups in total. The molecule has 0 aromatic rings. The lowest BCUT2D eigenvalue weighted by Gasteiger charge is -2.36. The smallest absolute Gasteiger partial charge is 0.342 e. The number of alkyl halides is 3. The molecule has 1 heterocycles. The first-order chi connectivity index (χ1) is 8.26. The van der Waals surface area contributed by atoms with Crippen molar-refractivity contribution in [3.05, 3.63) is 0 Å². The Morgan fingerprint density at radius 3 is 2.50 bits per heavy atom. The predicted molar refractivity (Wildman–Crippen MR) is 63.1 cm³/mol. The highest BCUT2D eigenvalue weighted by Crippen LogP contribution is 2.44. The molecular weight excluding hydrogens is 245 g/mol. The molecule has 0 bridgehead atoms. The summed E-state index contributed by atoms with van der Waals surface area (Å²) in [5.41, 5.74) is -2.23. The van der Waals surface area contributed by atoms with Crippen LogP contribution >= 0.6 is 0 Å². The maximum atomic E-state index is 13.2. The van der Waals surface area contributed by atoms with E-state index in [0.717, 1.165) is 6.42 Å². The maximum absolute atomic E-state index is 13.2. The molecule has 0 aromatic carbocycles. The Labute approximate surface area is 106 Å². The molecule has 0 radical (unpaired) electrons. The average Bonchev–Trinajstić information content (AvgIpc) is 2.76. The molecule has 1 aliphatic heterocycles. The average molecular weight is 266 g/mol. The van der Waals surface area contributed by atoms with E-state index in [9.17, 15) is 18.0 Å². The first kappa shape index (κ1) is 15.3. The van der Waals surface area contributed by atoms with Crippen LogP contribution in [0.3, 0.4) is 0 Å². The van der Waals surface area contributed by atoms with Gasteiger partial charge in [-0.2, -0.15) is 13.2 Å². The van der Waals surface area contributed by atoms with Gasteiger partial charge in [0.2, 0.25) is 5.91 Å². The molecular formula is C12H21F3N2O. The Kier molecular flexibility index (Phi) is 4.64. The molecule has 3 nitrogen and oxygen atoms in total. The Balaban J connectivity index is 2.91. The highest BCUT2D eigenvalue weighted by atomic mass is 19.4. The molecule has 106 valence electrons. The largest absolute Gasteiger partial charge is 0.404 e. The molecule has 1 aliphatic rings. The van der Waals surface area contributed by atoms with Crippen LogP contribution in [0.5, 0.6) is 0 Å². The van der Waals surface area contributed by atoms with Gasteiger partial charge in [0, 0.05) is 19.6 Å². The lowest BCUT2D eigenvalue weighted by molar-refractivity contribution is -0.222. The highest BCUT2D eigenvalue weighted by molar-refractivity contribution is 5.84. The van der Waals surface area contributed by atoms with E-state index in [0.29, 0.717) is 6.42 Å². The zero-order chi connectivity index (χ0) is 14.0. The number of nitrogens with zero attached hydrogens (tertiary/aromatic N) is 1. The third-order valence-corrected chi connectivity index (χ3v) is 3.80. The van der Waals surface area contributed by atoms with Crippen LogP contribution in [0.4, 0.5) is 13.2 Å². The first-order valence-corrected chi connectivity index (χ1v) is 6.31. The van der Waals surface area contributed by atoms with Crippen LogP contribution in [0, 0.1) is 5.41 Å². The van der Waals surface area contributed by atoms with Crippen molar-refractivity contribution in [1.82, 2.24) is 10.2 Å². The minimum Gasteiger partial charge on any atom is -0.342 e. The standard InChI is InChI=1S/C12H21F3N2O/c1-4-5-9(2)17(3)10(18)11(12(13,14)15)6-7-16-8-11/h9,16H,4-8H2,1-3H3. The van der Waals surface area contributed by atoms with Crippen LogP contribution in [0.1, 0.15) is 33.1 Å². The van der Waals surface area contributed by atoms with Crippen molar-refractivity contribution in [2.24, 2.45) is 5.41 Å². The number of rotatable bonds is 4. The molecule has 0 spiro atoms. The van der Waals surface area contributed by atoms with Gasteiger partial charge < -0.3 is 10.2 Å². The summed E-state index contributed by atoms with van der Waals surface area (Å²) in [7, 11) is 1.47.